The molecule has 49 heavy (non-hydrogen) atoms. The largest absolute Gasteiger partial charge is 0.509 e. The van der Waals surface area contributed by atoms with Crippen LogP contribution in [0.5, 0.6) is 0 Å². The smallest absolute Gasteiger partial charge is 0.270 e. The van der Waals surface area contributed by atoms with E-state index in [9.17, 15) is 24.3 Å². The zero-order valence-electron chi connectivity index (χ0n) is 28.5. The Morgan fingerprint density at radius 3 is 2.35 bits per heavy atom. The number of para-hydroxylation sites is 1. The molecule has 260 valence electrons. The number of benzene rings is 2. The van der Waals surface area contributed by atoms with E-state index in [-0.39, 0.29) is 23.8 Å². The van der Waals surface area contributed by atoms with Gasteiger partial charge in [0.05, 0.1) is 18.0 Å². The Morgan fingerprint density at radius 1 is 0.939 bits per heavy atom. The number of hydrogen-bond donors (Lipinski definition) is 5. The van der Waals surface area contributed by atoms with Gasteiger partial charge in [0.25, 0.3) is 5.91 Å². The second-order valence-corrected chi connectivity index (χ2v) is 14.4. The maximum Gasteiger partial charge on any atom is 0.270 e. The standard InChI is InChI=1S/C38H48N6O5/c1-38(2,3)43-37(49)32-20-26-14-7-8-15-27(26)22-44(32)23-33(45)30(19-24-11-5-4-6-12-24)41-36(48)31(21-34(39)46)42-35(47)29-18-17-25-13-9-10-16-28(25)40-29/h4-6,9-13,16-18,23,26-27,30-32,45H,7-8,14-15,19-22H2,1-3H3,(H2,39,46)(H,41,48)(H,42,47)(H,43,49)/b33-23+/t26-,27+,30-,31-,32-/m0/s1. The van der Waals surface area contributed by atoms with Gasteiger partial charge in [0.1, 0.15) is 23.5 Å². The van der Waals surface area contributed by atoms with Gasteiger partial charge < -0.3 is 31.7 Å². The molecular weight excluding hydrogens is 620 g/mol. The van der Waals surface area contributed by atoms with Crippen LogP contribution in [0.15, 0.2) is 78.7 Å². The van der Waals surface area contributed by atoms with Crippen LogP contribution < -0.4 is 21.7 Å². The van der Waals surface area contributed by atoms with Gasteiger partial charge in [0.15, 0.2) is 0 Å². The van der Waals surface area contributed by atoms with Crippen molar-refractivity contribution in [3.8, 4) is 0 Å². The highest BCUT2D eigenvalue weighted by molar-refractivity contribution is 5.99. The fourth-order valence-corrected chi connectivity index (χ4v) is 6.96. The predicted octanol–water partition coefficient (Wildman–Crippen LogP) is 4.13. The lowest BCUT2D eigenvalue weighted by molar-refractivity contribution is -0.130. The number of carbonyl (C=O) groups excluding carboxylic acids is 4. The van der Waals surface area contributed by atoms with Gasteiger partial charge in [-0.2, -0.15) is 0 Å². The second-order valence-electron chi connectivity index (χ2n) is 14.4. The number of rotatable bonds is 11. The maximum absolute atomic E-state index is 13.8. The average molecular weight is 669 g/mol. The minimum atomic E-state index is -1.33. The van der Waals surface area contributed by atoms with Crippen molar-refractivity contribution in [3.05, 3.63) is 89.9 Å². The van der Waals surface area contributed by atoms with Crippen molar-refractivity contribution in [2.45, 2.75) is 89.4 Å². The molecule has 0 spiro atoms. The van der Waals surface area contributed by atoms with Crippen molar-refractivity contribution >= 4 is 34.5 Å². The summed E-state index contributed by atoms with van der Waals surface area (Å²) in [6.45, 7) is 6.44. The molecule has 5 atom stereocenters. The van der Waals surface area contributed by atoms with Crippen molar-refractivity contribution in [1.82, 2.24) is 25.8 Å². The van der Waals surface area contributed by atoms with Crippen LogP contribution in [0.1, 0.15) is 75.3 Å². The molecule has 3 aromatic rings. The van der Waals surface area contributed by atoms with Gasteiger partial charge in [0, 0.05) is 23.7 Å². The van der Waals surface area contributed by atoms with Crippen molar-refractivity contribution in [2.75, 3.05) is 6.54 Å². The van der Waals surface area contributed by atoms with E-state index in [0.717, 1.165) is 36.6 Å². The molecule has 1 saturated carbocycles. The minimum Gasteiger partial charge on any atom is -0.509 e. The number of aliphatic hydroxyl groups excluding tert-OH is 1. The highest BCUT2D eigenvalue weighted by Gasteiger charge is 2.40. The van der Waals surface area contributed by atoms with E-state index < -0.39 is 47.8 Å². The number of piperidine rings is 1. The number of nitrogens with one attached hydrogen (secondary N) is 3. The number of pyridine rings is 1. The third-order valence-corrected chi connectivity index (χ3v) is 9.35. The average Bonchev–Trinajstić information content (AvgIpc) is 3.06. The normalized spacial score (nSPS) is 20.8. The third kappa shape index (κ3) is 9.58. The number of nitrogens with zero attached hydrogens (tertiary/aromatic N) is 2. The molecule has 0 unspecified atom stereocenters. The van der Waals surface area contributed by atoms with Crippen LogP contribution in [0.25, 0.3) is 10.9 Å². The Hall–Kier alpha value is -4.93. The molecule has 11 heteroatoms. The summed E-state index contributed by atoms with van der Waals surface area (Å²) in [5.41, 5.74) is 6.61. The van der Waals surface area contributed by atoms with E-state index in [1.807, 2.05) is 74.2 Å². The van der Waals surface area contributed by atoms with Gasteiger partial charge in [-0.25, -0.2) is 4.98 Å². The van der Waals surface area contributed by atoms with E-state index in [1.54, 1.807) is 24.4 Å². The molecule has 4 amide bonds. The Balaban J connectivity index is 1.40. The lowest BCUT2D eigenvalue weighted by atomic mass is 9.73. The quantitative estimate of drug-likeness (QED) is 0.192. The first-order valence-electron chi connectivity index (χ1n) is 17.1. The Morgan fingerprint density at radius 2 is 1.63 bits per heavy atom. The summed E-state index contributed by atoms with van der Waals surface area (Å²) in [6, 6.07) is 17.2. The van der Waals surface area contributed by atoms with Crippen LogP contribution in [0, 0.1) is 11.8 Å². The number of aliphatic hydroxyl groups is 1. The lowest BCUT2D eigenvalue weighted by Gasteiger charge is -2.46. The number of carbonyl (C=O) groups is 4. The van der Waals surface area contributed by atoms with Crippen molar-refractivity contribution < 1.29 is 24.3 Å². The summed E-state index contributed by atoms with van der Waals surface area (Å²) < 4.78 is 0. The van der Waals surface area contributed by atoms with E-state index in [2.05, 4.69) is 20.9 Å². The van der Waals surface area contributed by atoms with Crippen molar-refractivity contribution in [1.29, 1.82) is 0 Å². The van der Waals surface area contributed by atoms with Gasteiger partial charge >= 0.3 is 0 Å². The van der Waals surface area contributed by atoms with Crippen LogP contribution in [0.3, 0.4) is 0 Å². The number of primary amides is 1. The molecule has 5 rings (SSSR count). The molecule has 2 heterocycles. The highest BCUT2D eigenvalue weighted by atomic mass is 16.3. The molecule has 11 nitrogen and oxygen atoms in total. The number of fused-ring (bicyclic) bond motifs is 2. The van der Waals surface area contributed by atoms with Crippen LogP contribution in [0.4, 0.5) is 0 Å². The number of nitrogens with two attached hydrogens (primary N) is 1. The monoisotopic (exact) mass is 668 g/mol. The van der Waals surface area contributed by atoms with Gasteiger partial charge in [-0.1, -0.05) is 73.9 Å². The Bertz CT molecular complexity index is 1690. The molecule has 0 radical (unpaired) electrons. The molecular formula is C38H48N6O5. The maximum atomic E-state index is 13.8. The fraction of sp³-hybridized carbons (Fsp3) is 0.447. The molecule has 6 N–H and O–H groups in total. The molecule has 2 fully saturated rings. The summed E-state index contributed by atoms with van der Waals surface area (Å²) >= 11 is 0. The van der Waals surface area contributed by atoms with E-state index in [4.69, 9.17) is 5.73 Å². The van der Waals surface area contributed by atoms with Crippen molar-refractivity contribution in [2.24, 2.45) is 17.6 Å². The van der Waals surface area contributed by atoms with Crippen LogP contribution in [-0.4, -0.2) is 68.8 Å². The molecule has 2 aromatic carbocycles. The summed E-state index contributed by atoms with van der Waals surface area (Å²) in [4.78, 5) is 59.0. The second kappa shape index (κ2) is 15.5. The Kier molecular flexibility index (Phi) is 11.2. The zero-order valence-corrected chi connectivity index (χ0v) is 28.5. The summed E-state index contributed by atoms with van der Waals surface area (Å²) in [6.07, 6.45) is 6.47. The highest BCUT2D eigenvalue weighted by Crippen LogP contribution is 2.39. The van der Waals surface area contributed by atoms with Gasteiger partial charge in [-0.15, -0.1) is 0 Å². The van der Waals surface area contributed by atoms with E-state index >= 15 is 0 Å². The third-order valence-electron chi connectivity index (χ3n) is 9.35. The molecule has 2 aliphatic rings. The topological polar surface area (TPSA) is 167 Å². The van der Waals surface area contributed by atoms with Crippen LogP contribution in [0.2, 0.25) is 0 Å². The molecule has 1 aromatic heterocycles. The number of likely N-dealkylation sites (tertiary alicyclic amines) is 1. The predicted molar refractivity (Wildman–Crippen MR) is 188 cm³/mol. The number of hydrogen-bond acceptors (Lipinski definition) is 7. The first-order chi connectivity index (χ1) is 23.4. The molecule has 1 saturated heterocycles. The SMILES string of the molecule is CC(C)(C)NC(=O)[C@@H]1C[C@@H]2CCCC[C@@H]2CN1/C=C(/O)[C@H](Cc1ccccc1)NC(=O)[C@H](CC(N)=O)NC(=O)c1ccc2ccccc2n1. The fourth-order valence-electron chi connectivity index (χ4n) is 6.96. The van der Waals surface area contributed by atoms with Crippen molar-refractivity contribution in [3.63, 3.8) is 0 Å². The first-order valence-corrected chi connectivity index (χ1v) is 17.1. The Labute approximate surface area is 287 Å². The number of aromatic nitrogens is 1. The van der Waals surface area contributed by atoms with Gasteiger partial charge in [0.2, 0.25) is 17.7 Å². The molecule has 0 bridgehead atoms. The summed E-state index contributed by atoms with van der Waals surface area (Å²) in [5, 5.41) is 21.1. The molecule has 1 aliphatic heterocycles. The van der Waals surface area contributed by atoms with E-state index in [1.165, 1.54) is 0 Å². The van der Waals surface area contributed by atoms with Crippen LogP contribution in [-0.2, 0) is 20.8 Å². The summed E-state index contributed by atoms with van der Waals surface area (Å²) in [5.74, 6) is -1.52. The zero-order chi connectivity index (χ0) is 35.1. The van der Waals surface area contributed by atoms with Gasteiger partial charge in [-0.05, 0) is 69.6 Å². The molecule has 1 aliphatic carbocycles. The lowest BCUT2D eigenvalue weighted by Crippen LogP contribution is -2.56. The van der Waals surface area contributed by atoms with Crippen LogP contribution >= 0.6 is 0 Å². The summed E-state index contributed by atoms with van der Waals surface area (Å²) in [7, 11) is 0. The van der Waals surface area contributed by atoms with E-state index in [0.29, 0.717) is 30.3 Å². The first kappa shape index (κ1) is 35.4. The minimum absolute atomic E-state index is 0.0789. The number of amides is 4. The van der Waals surface area contributed by atoms with Gasteiger partial charge in [-0.3, -0.25) is 19.2 Å².